The quantitative estimate of drug-likeness (QED) is 0.827. The Kier molecular flexibility index (Phi) is 6.56. The lowest BCUT2D eigenvalue weighted by molar-refractivity contribution is 0.208. The van der Waals surface area contributed by atoms with Crippen molar-refractivity contribution in [1.82, 2.24) is 14.9 Å². The van der Waals surface area contributed by atoms with E-state index in [1.54, 1.807) is 0 Å². The van der Waals surface area contributed by atoms with Crippen LogP contribution >= 0.6 is 0 Å². The molecule has 29 heavy (non-hydrogen) atoms. The van der Waals surface area contributed by atoms with Crippen molar-refractivity contribution in [3.05, 3.63) is 41.3 Å². The van der Waals surface area contributed by atoms with Crippen molar-refractivity contribution in [2.45, 2.75) is 40.5 Å². The Balaban J connectivity index is 1.63. The predicted octanol–water partition coefficient (Wildman–Crippen LogP) is 3.97. The highest BCUT2D eigenvalue weighted by molar-refractivity contribution is 5.91. The van der Waals surface area contributed by atoms with Gasteiger partial charge in [0.05, 0.1) is 12.3 Å². The summed E-state index contributed by atoms with van der Waals surface area (Å²) in [5, 5.41) is 3.00. The van der Waals surface area contributed by atoms with E-state index >= 15 is 0 Å². The molecule has 1 fully saturated rings. The van der Waals surface area contributed by atoms with Crippen LogP contribution in [0.2, 0.25) is 0 Å². The maximum atomic E-state index is 12.8. The summed E-state index contributed by atoms with van der Waals surface area (Å²) in [6.07, 6.45) is 0. The minimum atomic E-state index is -0.101. The normalized spacial score (nSPS) is 14.3. The Morgan fingerprint density at radius 1 is 1.14 bits per heavy atom. The third kappa shape index (κ3) is 5.16. The summed E-state index contributed by atoms with van der Waals surface area (Å²) < 4.78 is 5.67. The zero-order valence-corrected chi connectivity index (χ0v) is 18.0. The van der Waals surface area contributed by atoms with Gasteiger partial charge in [0.25, 0.3) is 0 Å². The molecule has 0 saturated carbocycles. The van der Waals surface area contributed by atoms with Crippen molar-refractivity contribution in [3.63, 3.8) is 0 Å². The van der Waals surface area contributed by atoms with Crippen LogP contribution in [-0.4, -0.2) is 53.7 Å². The summed E-state index contributed by atoms with van der Waals surface area (Å²) in [5.41, 5.74) is 2.78. The first-order valence-corrected chi connectivity index (χ1v) is 10.3. The summed E-state index contributed by atoms with van der Waals surface area (Å²) in [4.78, 5) is 26.1. The van der Waals surface area contributed by atoms with Crippen molar-refractivity contribution in [3.8, 4) is 5.75 Å². The zero-order valence-electron chi connectivity index (χ0n) is 18.0. The molecule has 7 heteroatoms. The van der Waals surface area contributed by atoms with E-state index in [0.717, 1.165) is 36.0 Å². The number of anilines is 2. The lowest BCUT2D eigenvalue weighted by Gasteiger charge is -2.35. The molecule has 156 valence electrons. The number of aromatic nitrogens is 2. The van der Waals surface area contributed by atoms with Crippen LogP contribution < -0.4 is 15.0 Å². The standard InChI is InChI=1S/C22H31N5O2/c1-6-29-19-13-16(4)7-8-18(19)24-22(28)27-11-9-26(10-12-27)20-14-17(5)23-21(25-20)15(2)3/h7-8,13-15H,6,9-12H2,1-5H3,(H,24,28). The Morgan fingerprint density at radius 2 is 1.86 bits per heavy atom. The van der Waals surface area contributed by atoms with Gasteiger partial charge in [-0.1, -0.05) is 19.9 Å². The van der Waals surface area contributed by atoms with Crippen LogP contribution in [-0.2, 0) is 0 Å². The third-order valence-electron chi connectivity index (χ3n) is 4.94. The van der Waals surface area contributed by atoms with Gasteiger partial charge < -0.3 is 19.9 Å². The Labute approximate surface area is 173 Å². The second-order valence-electron chi connectivity index (χ2n) is 7.72. The molecule has 2 aromatic rings. The fourth-order valence-electron chi connectivity index (χ4n) is 3.34. The smallest absolute Gasteiger partial charge is 0.322 e. The first kappa shape index (κ1) is 20.9. The van der Waals surface area contributed by atoms with Gasteiger partial charge in [-0.05, 0) is 38.5 Å². The van der Waals surface area contributed by atoms with Crippen molar-refractivity contribution < 1.29 is 9.53 Å². The molecular weight excluding hydrogens is 366 g/mol. The molecule has 1 saturated heterocycles. The molecule has 2 heterocycles. The maximum absolute atomic E-state index is 12.8. The van der Waals surface area contributed by atoms with E-state index in [2.05, 4.69) is 29.0 Å². The predicted molar refractivity (Wildman–Crippen MR) is 116 cm³/mol. The van der Waals surface area contributed by atoms with Gasteiger partial charge in [0.1, 0.15) is 17.4 Å². The molecule has 0 atom stereocenters. The van der Waals surface area contributed by atoms with Gasteiger partial charge in [-0.25, -0.2) is 14.8 Å². The molecule has 0 radical (unpaired) electrons. The number of carbonyl (C=O) groups is 1. The minimum Gasteiger partial charge on any atom is -0.492 e. The molecule has 1 aromatic carbocycles. The van der Waals surface area contributed by atoms with Crippen LogP contribution in [0.5, 0.6) is 5.75 Å². The molecule has 0 unspecified atom stereocenters. The lowest BCUT2D eigenvalue weighted by atomic mass is 10.2. The minimum absolute atomic E-state index is 0.101. The Morgan fingerprint density at radius 3 is 2.52 bits per heavy atom. The van der Waals surface area contributed by atoms with Gasteiger partial charge in [0.15, 0.2) is 0 Å². The fraction of sp³-hybridized carbons (Fsp3) is 0.500. The molecule has 3 rings (SSSR count). The van der Waals surface area contributed by atoms with Gasteiger partial charge in [-0.15, -0.1) is 0 Å². The summed E-state index contributed by atoms with van der Waals surface area (Å²) in [6.45, 7) is 13.5. The van der Waals surface area contributed by atoms with Gasteiger partial charge in [0.2, 0.25) is 0 Å². The molecule has 1 aliphatic rings. The topological polar surface area (TPSA) is 70.6 Å². The molecule has 7 nitrogen and oxygen atoms in total. The zero-order chi connectivity index (χ0) is 21.0. The van der Waals surface area contributed by atoms with Gasteiger partial charge in [0, 0.05) is 43.9 Å². The third-order valence-corrected chi connectivity index (χ3v) is 4.94. The molecule has 1 aliphatic heterocycles. The molecule has 0 bridgehead atoms. The van der Waals surface area contributed by atoms with E-state index in [4.69, 9.17) is 9.72 Å². The van der Waals surface area contributed by atoms with E-state index in [0.29, 0.717) is 31.1 Å². The van der Waals surface area contributed by atoms with Crippen molar-refractivity contribution in [2.24, 2.45) is 0 Å². The van der Waals surface area contributed by atoms with Crippen LogP contribution in [0.25, 0.3) is 0 Å². The SMILES string of the molecule is CCOc1cc(C)ccc1NC(=O)N1CCN(c2cc(C)nc(C(C)C)n2)CC1. The molecular formula is C22H31N5O2. The summed E-state index contributed by atoms with van der Waals surface area (Å²) in [7, 11) is 0. The highest BCUT2D eigenvalue weighted by Gasteiger charge is 2.23. The second-order valence-corrected chi connectivity index (χ2v) is 7.72. The van der Waals surface area contributed by atoms with Crippen LogP contribution in [0, 0.1) is 13.8 Å². The van der Waals surface area contributed by atoms with E-state index in [1.165, 1.54) is 0 Å². The highest BCUT2D eigenvalue weighted by atomic mass is 16.5. The number of urea groups is 1. The van der Waals surface area contributed by atoms with Gasteiger partial charge in [-0.2, -0.15) is 0 Å². The molecule has 1 aromatic heterocycles. The number of rotatable bonds is 5. The van der Waals surface area contributed by atoms with Gasteiger partial charge >= 0.3 is 6.03 Å². The summed E-state index contributed by atoms with van der Waals surface area (Å²) in [5.74, 6) is 2.80. The average Bonchev–Trinajstić information content (AvgIpc) is 2.70. The number of nitrogens with one attached hydrogen (secondary N) is 1. The van der Waals surface area contributed by atoms with Gasteiger partial charge in [-0.3, -0.25) is 0 Å². The largest absolute Gasteiger partial charge is 0.492 e. The number of amides is 2. The van der Waals surface area contributed by atoms with Crippen LogP contribution in [0.4, 0.5) is 16.3 Å². The first-order valence-electron chi connectivity index (χ1n) is 10.3. The van der Waals surface area contributed by atoms with Crippen LogP contribution in [0.15, 0.2) is 24.3 Å². The number of hydrogen-bond donors (Lipinski definition) is 1. The van der Waals surface area contributed by atoms with Crippen molar-refractivity contribution >= 4 is 17.5 Å². The Bertz CT molecular complexity index is 860. The van der Waals surface area contributed by atoms with E-state index in [9.17, 15) is 4.79 Å². The maximum Gasteiger partial charge on any atom is 0.322 e. The second kappa shape index (κ2) is 9.11. The van der Waals surface area contributed by atoms with E-state index in [-0.39, 0.29) is 11.9 Å². The summed E-state index contributed by atoms with van der Waals surface area (Å²) >= 11 is 0. The molecule has 0 spiro atoms. The highest BCUT2D eigenvalue weighted by Crippen LogP contribution is 2.26. The van der Waals surface area contributed by atoms with Crippen LogP contribution in [0.1, 0.15) is 43.8 Å². The number of aryl methyl sites for hydroxylation is 2. The van der Waals surface area contributed by atoms with E-state index in [1.807, 2.05) is 49.9 Å². The Hall–Kier alpha value is -2.83. The van der Waals surface area contributed by atoms with E-state index < -0.39 is 0 Å². The monoisotopic (exact) mass is 397 g/mol. The molecule has 2 amide bonds. The molecule has 1 N–H and O–H groups in total. The number of ether oxygens (including phenoxy) is 1. The number of hydrogen-bond acceptors (Lipinski definition) is 5. The number of carbonyl (C=O) groups excluding carboxylic acids is 1. The first-order chi connectivity index (χ1) is 13.9. The number of benzene rings is 1. The fourth-order valence-corrected chi connectivity index (χ4v) is 3.34. The number of piperazine rings is 1. The summed E-state index contributed by atoms with van der Waals surface area (Å²) in [6, 6.07) is 7.73. The van der Waals surface area contributed by atoms with Crippen molar-refractivity contribution in [1.29, 1.82) is 0 Å². The lowest BCUT2D eigenvalue weighted by Crippen LogP contribution is -2.50. The van der Waals surface area contributed by atoms with Crippen LogP contribution in [0.3, 0.4) is 0 Å². The van der Waals surface area contributed by atoms with Crippen molar-refractivity contribution in [2.75, 3.05) is 43.0 Å². The average molecular weight is 398 g/mol. The molecule has 0 aliphatic carbocycles. The number of nitrogens with zero attached hydrogens (tertiary/aromatic N) is 4.